The molecule has 2 aromatic rings. The second-order valence-electron chi connectivity index (χ2n) is 6.70. The summed E-state index contributed by atoms with van der Waals surface area (Å²) in [6.07, 6.45) is 1.29. The lowest BCUT2D eigenvalue weighted by molar-refractivity contribution is -0.145. The van der Waals surface area contributed by atoms with Crippen LogP contribution in [0.3, 0.4) is 0 Å². The van der Waals surface area contributed by atoms with Gasteiger partial charge < -0.3 is 19.5 Å². The van der Waals surface area contributed by atoms with Crippen molar-refractivity contribution in [1.82, 2.24) is 5.43 Å². The van der Waals surface area contributed by atoms with Crippen LogP contribution in [-0.4, -0.2) is 43.8 Å². The highest BCUT2D eigenvalue weighted by Gasteiger charge is 2.14. The molecule has 0 heterocycles. The summed E-state index contributed by atoms with van der Waals surface area (Å²) in [5, 5.41) is 6.49. The normalized spacial score (nSPS) is 10.6. The van der Waals surface area contributed by atoms with Gasteiger partial charge in [-0.05, 0) is 78.4 Å². The van der Waals surface area contributed by atoms with Crippen LogP contribution in [0.2, 0.25) is 0 Å². The number of rotatable bonds is 12. The summed E-state index contributed by atoms with van der Waals surface area (Å²) in [7, 11) is 0. The third-order valence-electron chi connectivity index (χ3n) is 4.08. The van der Waals surface area contributed by atoms with Gasteiger partial charge in [-0.15, -0.1) is 0 Å². The largest absolute Gasteiger partial charge is 0.490 e. The first-order chi connectivity index (χ1) is 16.3. The van der Waals surface area contributed by atoms with Crippen molar-refractivity contribution in [2.45, 2.75) is 26.7 Å². The van der Waals surface area contributed by atoms with Crippen molar-refractivity contribution in [2.24, 2.45) is 5.10 Å². The van der Waals surface area contributed by atoms with E-state index in [2.05, 4.69) is 15.8 Å². The maximum absolute atomic E-state index is 12.9. The van der Waals surface area contributed by atoms with Crippen LogP contribution in [-0.2, 0) is 19.1 Å². The number of benzene rings is 2. The topological polar surface area (TPSA) is 115 Å². The van der Waals surface area contributed by atoms with Crippen molar-refractivity contribution in [1.29, 1.82) is 0 Å². The molecule has 2 amide bonds. The third kappa shape index (κ3) is 9.33. The van der Waals surface area contributed by atoms with E-state index in [9.17, 15) is 18.8 Å². The predicted molar refractivity (Wildman–Crippen MR) is 132 cm³/mol. The predicted octanol–water partition coefficient (Wildman–Crippen LogP) is 3.64. The van der Waals surface area contributed by atoms with Crippen LogP contribution in [0, 0.1) is 9.39 Å². The molecule has 0 aliphatic heterocycles. The minimum atomic E-state index is -0.486. The maximum atomic E-state index is 12.9. The van der Waals surface area contributed by atoms with Gasteiger partial charge in [0.15, 0.2) is 18.1 Å². The maximum Gasteiger partial charge on any atom is 0.344 e. The summed E-state index contributed by atoms with van der Waals surface area (Å²) in [5.41, 5.74) is 3.44. The molecule has 2 N–H and O–H groups in total. The van der Waals surface area contributed by atoms with E-state index < -0.39 is 17.7 Å². The van der Waals surface area contributed by atoms with Crippen LogP contribution in [0.5, 0.6) is 11.5 Å². The minimum Gasteiger partial charge on any atom is -0.490 e. The molecule has 0 saturated carbocycles. The molecule has 9 nitrogen and oxygen atoms in total. The molecular weight excluding hydrogens is 560 g/mol. The molecule has 0 aromatic heterocycles. The quantitative estimate of drug-likeness (QED) is 0.170. The van der Waals surface area contributed by atoms with E-state index in [-0.39, 0.29) is 32.0 Å². The van der Waals surface area contributed by atoms with Gasteiger partial charge in [-0.1, -0.05) is 0 Å². The van der Waals surface area contributed by atoms with Crippen molar-refractivity contribution >= 4 is 52.3 Å². The molecule has 11 heteroatoms. The second kappa shape index (κ2) is 14.1. The summed E-state index contributed by atoms with van der Waals surface area (Å²) < 4.78 is 29.6. The molecule has 0 unspecified atom stereocenters. The Morgan fingerprint density at radius 1 is 1.03 bits per heavy atom. The number of carbonyl (C=O) groups is 3. The van der Waals surface area contributed by atoms with Crippen LogP contribution in [0.25, 0.3) is 0 Å². The molecule has 182 valence electrons. The number of anilines is 1. The molecule has 0 fully saturated rings. The van der Waals surface area contributed by atoms with Gasteiger partial charge in [-0.2, -0.15) is 5.10 Å². The smallest absolute Gasteiger partial charge is 0.344 e. The van der Waals surface area contributed by atoms with E-state index in [1.54, 1.807) is 19.1 Å². The zero-order chi connectivity index (χ0) is 24.9. The Kier molecular flexibility index (Phi) is 11.2. The van der Waals surface area contributed by atoms with Crippen LogP contribution in [0.15, 0.2) is 41.5 Å². The van der Waals surface area contributed by atoms with Crippen LogP contribution >= 0.6 is 22.6 Å². The number of nitrogens with zero attached hydrogens (tertiary/aromatic N) is 1. The molecule has 0 atom stereocenters. The molecule has 0 aliphatic rings. The van der Waals surface area contributed by atoms with E-state index in [4.69, 9.17) is 14.2 Å². The fraction of sp³-hybridized carbons (Fsp3) is 0.304. The molecule has 34 heavy (non-hydrogen) atoms. The van der Waals surface area contributed by atoms with Crippen molar-refractivity contribution in [2.75, 3.05) is 25.1 Å². The zero-order valence-electron chi connectivity index (χ0n) is 18.7. The summed E-state index contributed by atoms with van der Waals surface area (Å²) in [6.45, 7) is 3.92. The number of halogens is 2. The van der Waals surface area contributed by atoms with E-state index >= 15 is 0 Å². The number of esters is 1. The average molecular weight is 585 g/mol. The summed E-state index contributed by atoms with van der Waals surface area (Å²) >= 11 is 2.04. The van der Waals surface area contributed by atoms with Crippen molar-refractivity contribution in [3.63, 3.8) is 0 Å². The minimum absolute atomic E-state index is 0.0579. The number of amides is 2. The van der Waals surface area contributed by atoms with Crippen molar-refractivity contribution in [3.05, 3.63) is 51.3 Å². The first-order valence-corrected chi connectivity index (χ1v) is 11.5. The van der Waals surface area contributed by atoms with E-state index in [1.807, 2.05) is 29.5 Å². The highest BCUT2D eigenvalue weighted by atomic mass is 127. The lowest BCUT2D eigenvalue weighted by Gasteiger charge is -2.14. The Balaban J connectivity index is 1.89. The number of hydrogen-bond donors (Lipinski definition) is 2. The Bertz CT molecular complexity index is 1030. The van der Waals surface area contributed by atoms with Crippen molar-refractivity contribution in [3.8, 4) is 11.5 Å². The molecule has 0 bridgehead atoms. The Hall–Kier alpha value is -3.22. The SMILES string of the molecule is CCOC(=O)COc1c(I)cc(C=NNC(=O)CCC(=O)Nc2ccc(F)cc2)cc1OCC. The Morgan fingerprint density at radius 3 is 2.41 bits per heavy atom. The fourth-order valence-electron chi connectivity index (χ4n) is 2.62. The van der Waals surface area contributed by atoms with Gasteiger partial charge in [-0.3, -0.25) is 9.59 Å². The van der Waals surface area contributed by atoms with Crippen LogP contribution in [0.1, 0.15) is 32.3 Å². The number of carbonyl (C=O) groups excluding carboxylic acids is 3. The first kappa shape index (κ1) is 27.0. The van der Waals surface area contributed by atoms with Crippen LogP contribution < -0.4 is 20.2 Å². The monoisotopic (exact) mass is 585 g/mol. The highest BCUT2D eigenvalue weighted by molar-refractivity contribution is 14.1. The fourth-order valence-corrected chi connectivity index (χ4v) is 3.40. The van der Waals surface area contributed by atoms with Gasteiger partial charge in [0.1, 0.15) is 5.82 Å². The highest BCUT2D eigenvalue weighted by Crippen LogP contribution is 2.34. The molecule has 2 rings (SSSR count). The number of nitrogens with one attached hydrogen (secondary N) is 2. The van der Waals surface area contributed by atoms with Gasteiger partial charge in [0.25, 0.3) is 0 Å². The van der Waals surface area contributed by atoms with Gasteiger partial charge >= 0.3 is 5.97 Å². The van der Waals surface area contributed by atoms with Crippen molar-refractivity contribution < 1.29 is 33.0 Å². The van der Waals surface area contributed by atoms with Gasteiger partial charge in [-0.25, -0.2) is 14.6 Å². The Labute approximate surface area is 210 Å². The lowest BCUT2D eigenvalue weighted by Crippen LogP contribution is -2.20. The number of hydrogen-bond acceptors (Lipinski definition) is 7. The molecule has 0 saturated heterocycles. The van der Waals surface area contributed by atoms with Gasteiger partial charge in [0.05, 0.1) is 23.0 Å². The zero-order valence-corrected chi connectivity index (χ0v) is 20.9. The molecule has 0 aliphatic carbocycles. The molecule has 2 aromatic carbocycles. The lowest BCUT2D eigenvalue weighted by atomic mass is 10.2. The molecule has 0 radical (unpaired) electrons. The first-order valence-electron chi connectivity index (χ1n) is 10.4. The van der Waals surface area contributed by atoms with Gasteiger partial charge in [0, 0.05) is 18.5 Å². The average Bonchev–Trinajstić information content (AvgIpc) is 2.79. The number of hydrazone groups is 1. The summed E-state index contributed by atoms with van der Waals surface area (Å²) in [4.78, 5) is 35.5. The number of ether oxygens (including phenoxy) is 3. The Morgan fingerprint density at radius 2 is 1.74 bits per heavy atom. The van der Waals surface area contributed by atoms with Gasteiger partial charge in [0.2, 0.25) is 11.8 Å². The van der Waals surface area contributed by atoms with E-state index in [1.165, 1.54) is 30.5 Å². The molecular formula is C23H25FIN3O6. The summed E-state index contributed by atoms with van der Waals surface area (Å²) in [5.74, 6) is -0.884. The third-order valence-corrected chi connectivity index (χ3v) is 4.88. The second-order valence-corrected chi connectivity index (χ2v) is 7.87. The summed E-state index contributed by atoms with van der Waals surface area (Å²) in [6, 6.07) is 8.74. The molecule has 0 spiro atoms. The van der Waals surface area contributed by atoms with E-state index in [0.29, 0.717) is 32.9 Å². The van der Waals surface area contributed by atoms with Crippen LogP contribution in [0.4, 0.5) is 10.1 Å². The standard InChI is InChI=1S/C23H25FIN3O6/c1-3-32-19-12-15(11-18(25)23(19)34-14-22(31)33-4-2)13-26-28-21(30)10-9-20(29)27-17-7-5-16(24)6-8-17/h5-8,11-13H,3-4,9-10,14H2,1-2H3,(H,27,29)(H,28,30). The van der Waals surface area contributed by atoms with E-state index in [0.717, 1.165) is 0 Å².